The number of nitrogens with zero attached hydrogens (tertiary/aromatic N) is 1. The number of hydrogen-bond acceptors (Lipinski definition) is 9. The summed E-state index contributed by atoms with van der Waals surface area (Å²) >= 11 is 0. The van der Waals surface area contributed by atoms with Crippen LogP contribution >= 0.6 is 15.2 Å². The van der Waals surface area contributed by atoms with E-state index in [0.717, 1.165) is 28.5 Å². The van der Waals surface area contributed by atoms with Gasteiger partial charge in [-0.3, -0.25) is 18.7 Å². The number of benzene rings is 3. The molecule has 14 heteroatoms. The Morgan fingerprint density at radius 2 is 1.22 bits per heavy atom. The fourth-order valence-corrected chi connectivity index (χ4v) is 12.3. The molecular formula is C37H54N2O9P2Si. The van der Waals surface area contributed by atoms with Crippen molar-refractivity contribution in [3.05, 3.63) is 90.0 Å². The lowest BCUT2D eigenvalue weighted by Gasteiger charge is -2.41. The second kappa shape index (κ2) is 19.7. The van der Waals surface area contributed by atoms with E-state index in [2.05, 4.69) is 19.6 Å². The monoisotopic (exact) mass is 760 g/mol. The van der Waals surface area contributed by atoms with E-state index in [4.69, 9.17) is 28.6 Å². The Morgan fingerprint density at radius 3 is 1.67 bits per heavy atom. The number of carbonyl (C=O) groups excluding carboxylic acids is 2. The fourth-order valence-electron chi connectivity index (χ4n) is 5.60. The summed E-state index contributed by atoms with van der Waals surface area (Å²) in [6.45, 7) is 13.3. The van der Waals surface area contributed by atoms with E-state index < -0.39 is 46.6 Å². The van der Waals surface area contributed by atoms with Crippen LogP contribution in [0, 0.1) is 0 Å². The van der Waals surface area contributed by atoms with E-state index >= 15 is 0 Å². The van der Waals surface area contributed by atoms with Crippen LogP contribution in [0.3, 0.4) is 0 Å². The topological polar surface area (TPSA) is 144 Å². The molecule has 0 bridgehead atoms. The predicted octanol–water partition coefficient (Wildman–Crippen LogP) is 8.82. The Morgan fingerprint density at radius 1 is 0.725 bits per heavy atom. The number of hydrogen-bond donors (Lipinski definition) is 1. The van der Waals surface area contributed by atoms with Gasteiger partial charge in [0.2, 0.25) is 11.4 Å². The van der Waals surface area contributed by atoms with Crippen LogP contribution in [-0.2, 0) is 38.4 Å². The summed E-state index contributed by atoms with van der Waals surface area (Å²) in [6, 6.07) is 23.2. The lowest BCUT2D eigenvalue weighted by molar-refractivity contribution is -0.122. The predicted molar refractivity (Wildman–Crippen MR) is 205 cm³/mol. The van der Waals surface area contributed by atoms with Crippen molar-refractivity contribution in [2.75, 3.05) is 33.0 Å². The lowest BCUT2D eigenvalue weighted by atomic mass is 9.99. The van der Waals surface area contributed by atoms with E-state index in [1.54, 1.807) is 39.8 Å². The minimum atomic E-state index is -4.57. The summed E-state index contributed by atoms with van der Waals surface area (Å²) in [5.41, 5.74) is 6.78. The molecule has 0 spiro atoms. The third-order valence-electron chi connectivity index (χ3n) is 7.88. The number of rotatable bonds is 22. The maximum Gasteiger partial charge on any atom is 0.365 e. The third kappa shape index (κ3) is 12.0. The molecule has 0 saturated carbocycles. The average Bonchev–Trinajstić information content (AvgIpc) is 3.08. The Labute approximate surface area is 304 Å². The summed E-state index contributed by atoms with van der Waals surface area (Å²) < 4.78 is 58.4. The zero-order valence-corrected chi connectivity index (χ0v) is 33.7. The summed E-state index contributed by atoms with van der Waals surface area (Å²) in [5.74, 6) is -1.17. The van der Waals surface area contributed by atoms with E-state index in [1.807, 2.05) is 54.6 Å². The number of carbonyl (C=O) groups is 2. The summed E-state index contributed by atoms with van der Waals surface area (Å²) in [6.07, 6.45) is 0.800. The minimum absolute atomic E-state index is 0.0965. The molecule has 0 unspecified atom stereocenters. The molecule has 3 aromatic carbocycles. The first-order valence-electron chi connectivity index (χ1n) is 17.5. The third-order valence-corrected chi connectivity index (χ3v) is 15.5. The molecule has 3 rings (SSSR count). The van der Waals surface area contributed by atoms with E-state index in [0.29, 0.717) is 17.9 Å². The number of amides is 2. The first-order valence-corrected chi connectivity index (χ1v) is 24.4. The number of nitrogens with two attached hydrogens (primary N) is 1. The van der Waals surface area contributed by atoms with Crippen LogP contribution in [-0.4, -0.2) is 69.4 Å². The first kappa shape index (κ1) is 42.3. The van der Waals surface area contributed by atoms with Crippen LogP contribution in [0.25, 0.3) is 11.1 Å². The van der Waals surface area contributed by atoms with Crippen LogP contribution in [0.5, 0.6) is 5.75 Å². The molecule has 11 nitrogen and oxygen atoms in total. The van der Waals surface area contributed by atoms with Crippen molar-refractivity contribution in [2.24, 2.45) is 5.73 Å². The quantitative estimate of drug-likeness (QED) is 0.0604. The summed E-state index contributed by atoms with van der Waals surface area (Å²) in [5, 5.41) is 0. The average molecular weight is 761 g/mol. The maximum atomic E-state index is 14.8. The molecule has 0 radical (unpaired) electrons. The molecular weight excluding hydrogens is 706 g/mol. The zero-order valence-electron chi connectivity index (χ0n) is 30.9. The van der Waals surface area contributed by atoms with E-state index in [9.17, 15) is 18.7 Å². The van der Waals surface area contributed by atoms with Gasteiger partial charge in [0.25, 0.3) is 5.91 Å². The molecule has 0 aromatic heterocycles. The van der Waals surface area contributed by atoms with Crippen molar-refractivity contribution in [3.63, 3.8) is 0 Å². The van der Waals surface area contributed by atoms with Crippen LogP contribution < -0.4 is 10.5 Å². The van der Waals surface area contributed by atoms with Gasteiger partial charge in [-0.2, -0.15) is 0 Å². The molecule has 0 fully saturated rings. The van der Waals surface area contributed by atoms with Gasteiger partial charge in [0.05, 0.1) is 33.0 Å². The largest absolute Gasteiger partial charge is 0.494 e. The highest BCUT2D eigenvalue weighted by Crippen LogP contribution is 2.71. The molecule has 51 heavy (non-hydrogen) atoms. The molecule has 0 aliphatic heterocycles. The highest BCUT2D eigenvalue weighted by molar-refractivity contribution is 7.72. The van der Waals surface area contributed by atoms with E-state index in [-0.39, 0.29) is 38.4 Å². The Balaban J connectivity index is 2.17. The van der Waals surface area contributed by atoms with E-state index in [1.165, 1.54) is 12.1 Å². The second-order valence-corrected chi connectivity index (χ2v) is 23.2. The van der Waals surface area contributed by atoms with Gasteiger partial charge in [-0.25, -0.2) is 0 Å². The molecule has 280 valence electrons. The lowest BCUT2D eigenvalue weighted by Crippen LogP contribution is -2.54. The smallest absolute Gasteiger partial charge is 0.365 e. The van der Waals surface area contributed by atoms with Gasteiger partial charge >= 0.3 is 15.2 Å². The molecule has 0 aliphatic carbocycles. The van der Waals surface area contributed by atoms with Crippen molar-refractivity contribution in [3.8, 4) is 16.9 Å². The van der Waals surface area contributed by atoms with Crippen LogP contribution in [0.15, 0.2) is 78.9 Å². The Hall–Kier alpha value is -3.08. The molecule has 0 saturated heterocycles. The molecule has 0 heterocycles. The van der Waals surface area contributed by atoms with Crippen molar-refractivity contribution < 1.29 is 41.6 Å². The Kier molecular flexibility index (Phi) is 16.3. The van der Waals surface area contributed by atoms with Crippen LogP contribution in [0.1, 0.15) is 50.0 Å². The Bertz CT molecular complexity index is 1580. The highest BCUT2D eigenvalue weighted by atomic mass is 31.2. The van der Waals surface area contributed by atoms with Crippen LogP contribution in [0.2, 0.25) is 25.7 Å². The van der Waals surface area contributed by atoms with Crippen LogP contribution in [0.4, 0.5) is 0 Å². The van der Waals surface area contributed by atoms with Gasteiger partial charge in [0.15, 0.2) is 0 Å². The molecule has 0 aliphatic rings. The molecule has 2 N–H and O–H groups in total. The molecule has 2 amide bonds. The number of primary amides is 1. The molecule has 1 atom stereocenters. The summed E-state index contributed by atoms with van der Waals surface area (Å²) in [7, 11) is -10.4. The van der Waals surface area contributed by atoms with Gasteiger partial charge < -0.3 is 33.5 Å². The van der Waals surface area contributed by atoms with Crippen molar-refractivity contribution >= 4 is 35.1 Å². The fraction of sp³-hybridized carbons (Fsp3) is 0.459. The summed E-state index contributed by atoms with van der Waals surface area (Å²) in [4.78, 5) is 29.2. The van der Waals surface area contributed by atoms with Gasteiger partial charge in [-0.15, -0.1) is 0 Å². The van der Waals surface area contributed by atoms with Gasteiger partial charge in [0, 0.05) is 20.1 Å². The first-order chi connectivity index (χ1) is 24.2. The zero-order chi connectivity index (χ0) is 37.7. The minimum Gasteiger partial charge on any atom is -0.494 e. The second-order valence-electron chi connectivity index (χ2n) is 13.0. The standard InChI is InChI=1S/C37H54N2O9P2Si/c1-8-45-49(42,46-9-2)37(50(43,47-10-3)48-11-4)39(36(41)32-22-24-33(25-23-32)44-26-15-27-51(5,6)7)34(35(38)40)28-29-18-20-31(21-19-29)30-16-13-12-14-17-30/h12-14,16-25,34,37H,8-11,15,26-28H2,1-7H3,(H2,38,40)/t34-/m0/s1. The molecule has 3 aromatic rings. The van der Waals surface area contributed by atoms with Gasteiger partial charge in [-0.05, 0) is 75.1 Å². The van der Waals surface area contributed by atoms with Crippen molar-refractivity contribution in [2.45, 2.75) is 77.8 Å². The van der Waals surface area contributed by atoms with Gasteiger partial charge in [0.1, 0.15) is 11.8 Å². The van der Waals surface area contributed by atoms with Crippen molar-refractivity contribution in [1.29, 1.82) is 0 Å². The number of ether oxygens (including phenoxy) is 1. The maximum absolute atomic E-state index is 14.8. The van der Waals surface area contributed by atoms with Crippen molar-refractivity contribution in [1.82, 2.24) is 4.90 Å². The van der Waals surface area contributed by atoms with Gasteiger partial charge in [-0.1, -0.05) is 80.3 Å². The highest BCUT2D eigenvalue weighted by Gasteiger charge is 2.58. The SMILES string of the molecule is CCOP(=O)(OCC)C(N(C(=O)c1ccc(OCCC[Si](C)(C)C)cc1)[C@@H](Cc1ccc(-c2ccccc2)cc1)C(N)=O)P(=O)(OCC)OCC. The normalized spacial score (nSPS) is 12.9.